The molecule has 0 saturated carbocycles. The third-order valence-corrected chi connectivity index (χ3v) is 7.98. The van der Waals surface area contributed by atoms with Crippen LogP contribution in [0.25, 0.3) is 0 Å². The third-order valence-electron chi connectivity index (χ3n) is 7.98. The Morgan fingerprint density at radius 2 is 1.02 bits per heavy atom. The van der Waals surface area contributed by atoms with Crippen LogP contribution in [0.5, 0.6) is 0 Å². The molecule has 0 aliphatic rings. The maximum atomic E-state index is 13.1. The standard InChI is InChI=1S/C34H66N8O5/c1-2-18-30(43)41-29(21-13-16-25-37)34(47)42-28(20-12-15-24-36)33(46)39-26-17-9-7-5-3-4-6-8-10-22-31(44)40-27(32(38)45)19-11-14-23-35/h2,18,27-29H,3-17,19-26,35-37H2,1H3,(H2,38,45)(H,39,46)(H,40,44)(H,41,43)(H,42,47)/b18-2+. The normalized spacial score (nSPS) is 13.1. The Bertz CT molecular complexity index is 902. The number of allylic oxidation sites excluding steroid dienone is 1. The first-order valence-electron chi connectivity index (χ1n) is 17.9. The molecule has 3 unspecified atom stereocenters. The van der Waals surface area contributed by atoms with Crippen molar-refractivity contribution in [2.24, 2.45) is 22.9 Å². The summed E-state index contributed by atoms with van der Waals surface area (Å²) in [7, 11) is 0. The molecule has 0 aromatic rings. The Kier molecular flexibility index (Phi) is 28.4. The number of rotatable bonds is 31. The first-order valence-corrected chi connectivity index (χ1v) is 17.9. The molecule has 13 heteroatoms. The molecule has 0 fully saturated rings. The summed E-state index contributed by atoms with van der Waals surface area (Å²) in [6.45, 7) is 3.83. The van der Waals surface area contributed by atoms with Gasteiger partial charge in [-0.1, -0.05) is 51.0 Å². The molecule has 0 aliphatic carbocycles. The molecule has 13 nitrogen and oxygen atoms in total. The van der Waals surface area contributed by atoms with Gasteiger partial charge >= 0.3 is 0 Å². The maximum absolute atomic E-state index is 13.1. The summed E-state index contributed by atoms with van der Waals surface area (Å²) >= 11 is 0. The van der Waals surface area contributed by atoms with Gasteiger partial charge < -0.3 is 44.2 Å². The molecule has 12 N–H and O–H groups in total. The largest absolute Gasteiger partial charge is 0.368 e. The van der Waals surface area contributed by atoms with Crippen LogP contribution in [-0.4, -0.2) is 73.8 Å². The van der Waals surface area contributed by atoms with Crippen molar-refractivity contribution in [2.75, 3.05) is 26.2 Å². The summed E-state index contributed by atoms with van der Waals surface area (Å²) in [5.41, 5.74) is 22.1. The third kappa shape index (κ3) is 24.8. The van der Waals surface area contributed by atoms with Gasteiger partial charge in [-0.15, -0.1) is 0 Å². The van der Waals surface area contributed by atoms with E-state index in [9.17, 15) is 24.0 Å². The van der Waals surface area contributed by atoms with E-state index >= 15 is 0 Å². The summed E-state index contributed by atoms with van der Waals surface area (Å²) in [5, 5.41) is 11.3. The molecule has 0 spiro atoms. The van der Waals surface area contributed by atoms with Crippen molar-refractivity contribution in [3.05, 3.63) is 12.2 Å². The zero-order chi connectivity index (χ0) is 35.1. The molecule has 0 aromatic carbocycles. The number of nitrogens with one attached hydrogen (secondary N) is 4. The number of amides is 5. The van der Waals surface area contributed by atoms with E-state index in [0.717, 1.165) is 83.5 Å². The minimum absolute atomic E-state index is 0.131. The van der Waals surface area contributed by atoms with Gasteiger partial charge in [-0.05, 0) is 103 Å². The van der Waals surface area contributed by atoms with Crippen molar-refractivity contribution < 1.29 is 24.0 Å². The lowest BCUT2D eigenvalue weighted by molar-refractivity contribution is -0.131. The van der Waals surface area contributed by atoms with Crippen molar-refractivity contribution in [1.82, 2.24) is 21.3 Å². The van der Waals surface area contributed by atoms with Crippen LogP contribution in [0.4, 0.5) is 0 Å². The van der Waals surface area contributed by atoms with E-state index in [1.54, 1.807) is 13.0 Å². The quantitative estimate of drug-likeness (QED) is 0.0401. The van der Waals surface area contributed by atoms with Crippen molar-refractivity contribution in [2.45, 2.75) is 147 Å². The van der Waals surface area contributed by atoms with Crippen molar-refractivity contribution in [1.29, 1.82) is 0 Å². The van der Waals surface area contributed by atoms with Crippen LogP contribution in [0.15, 0.2) is 12.2 Å². The maximum Gasteiger partial charge on any atom is 0.244 e. The number of nitrogens with two attached hydrogens (primary N) is 4. The highest BCUT2D eigenvalue weighted by atomic mass is 16.2. The van der Waals surface area contributed by atoms with E-state index in [4.69, 9.17) is 22.9 Å². The predicted molar refractivity (Wildman–Crippen MR) is 188 cm³/mol. The van der Waals surface area contributed by atoms with Gasteiger partial charge in [0.15, 0.2) is 0 Å². The fraction of sp³-hybridized carbons (Fsp3) is 0.794. The number of carbonyl (C=O) groups is 5. The van der Waals surface area contributed by atoms with E-state index in [2.05, 4.69) is 21.3 Å². The molecule has 0 aromatic heterocycles. The highest BCUT2D eigenvalue weighted by molar-refractivity contribution is 5.94. The van der Waals surface area contributed by atoms with Crippen LogP contribution in [0.1, 0.15) is 129 Å². The van der Waals surface area contributed by atoms with Crippen LogP contribution in [0, 0.1) is 0 Å². The second kappa shape index (κ2) is 30.3. The van der Waals surface area contributed by atoms with Gasteiger partial charge in [0.1, 0.15) is 18.1 Å². The fourth-order valence-corrected chi connectivity index (χ4v) is 5.19. The molecule has 3 atom stereocenters. The van der Waals surface area contributed by atoms with E-state index in [1.165, 1.54) is 6.08 Å². The zero-order valence-corrected chi connectivity index (χ0v) is 29.0. The average Bonchev–Trinajstić information content (AvgIpc) is 3.03. The highest BCUT2D eigenvalue weighted by Crippen LogP contribution is 2.11. The molecule has 0 saturated heterocycles. The second-order valence-electron chi connectivity index (χ2n) is 12.2. The van der Waals surface area contributed by atoms with Crippen LogP contribution >= 0.6 is 0 Å². The molecule has 0 bridgehead atoms. The van der Waals surface area contributed by atoms with E-state index in [1.807, 2.05) is 0 Å². The monoisotopic (exact) mass is 667 g/mol. The Morgan fingerprint density at radius 3 is 1.51 bits per heavy atom. The molecular weight excluding hydrogens is 600 g/mol. The Morgan fingerprint density at radius 1 is 0.553 bits per heavy atom. The smallest absolute Gasteiger partial charge is 0.244 e. The SMILES string of the molecule is C/C=C/C(=O)NC(CCCCN)C(=O)NC(CCCCN)C(=O)NCCCCCCCCCCCC(=O)NC(CCCCN)C(N)=O. The van der Waals surface area contributed by atoms with E-state index in [-0.39, 0.29) is 23.6 Å². The Balaban J connectivity index is 4.33. The summed E-state index contributed by atoms with van der Waals surface area (Å²) in [4.78, 5) is 61.9. The fourth-order valence-electron chi connectivity index (χ4n) is 5.19. The molecule has 0 aliphatic heterocycles. The van der Waals surface area contributed by atoms with Crippen LogP contribution < -0.4 is 44.2 Å². The number of unbranched alkanes of at least 4 members (excludes halogenated alkanes) is 11. The van der Waals surface area contributed by atoms with Crippen molar-refractivity contribution >= 4 is 29.5 Å². The van der Waals surface area contributed by atoms with Crippen molar-refractivity contribution in [3.8, 4) is 0 Å². The number of primary amides is 1. The first kappa shape index (κ1) is 44.0. The summed E-state index contributed by atoms with van der Waals surface area (Å²) in [6, 6.07) is -2.06. The highest BCUT2D eigenvalue weighted by Gasteiger charge is 2.26. The average molecular weight is 667 g/mol. The molecule has 272 valence electrons. The lowest BCUT2D eigenvalue weighted by Crippen LogP contribution is -2.53. The topological polar surface area (TPSA) is 238 Å². The van der Waals surface area contributed by atoms with E-state index < -0.39 is 24.0 Å². The minimum Gasteiger partial charge on any atom is -0.368 e. The minimum atomic E-state index is -0.743. The number of hydrogen-bond acceptors (Lipinski definition) is 8. The first-order chi connectivity index (χ1) is 22.7. The number of hydrogen-bond donors (Lipinski definition) is 8. The summed E-state index contributed by atoms with van der Waals surface area (Å²) < 4.78 is 0. The summed E-state index contributed by atoms with van der Waals surface area (Å²) in [5.74, 6) is -1.58. The molecule has 0 rings (SSSR count). The van der Waals surface area contributed by atoms with Gasteiger partial charge in [0.2, 0.25) is 29.5 Å². The van der Waals surface area contributed by atoms with Crippen molar-refractivity contribution in [3.63, 3.8) is 0 Å². The molecule has 0 radical (unpaired) electrons. The van der Waals surface area contributed by atoms with E-state index in [0.29, 0.717) is 64.7 Å². The lowest BCUT2D eigenvalue weighted by atomic mass is 10.0. The zero-order valence-electron chi connectivity index (χ0n) is 29.0. The van der Waals surface area contributed by atoms with Gasteiger partial charge in [0, 0.05) is 13.0 Å². The Labute approximate surface area is 282 Å². The lowest BCUT2D eigenvalue weighted by Gasteiger charge is -2.23. The van der Waals surface area contributed by atoms with Gasteiger partial charge in [0.25, 0.3) is 0 Å². The Hall–Kier alpha value is -3.03. The van der Waals surface area contributed by atoms with Gasteiger partial charge in [-0.3, -0.25) is 24.0 Å². The second-order valence-corrected chi connectivity index (χ2v) is 12.2. The van der Waals surface area contributed by atoms with Crippen LogP contribution in [-0.2, 0) is 24.0 Å². The molecule has 0 heterocycles. The predicted octanol–water partition coefficient (Wildman–Crippen LogP) is 1.91. The van der Waals surface area contributed by atoms with Crippen LogP contribution in [0.2, 0.25) is 0 Å². The number of carbonyl (C=O) groups excluding carboxylic acids is 5. The van der Waals surface area contributed by atoms with Crippen LogP contribution in [0.3, 0.4) is 0 Å². The molecule has 5 amide bonds. The molecule has 47 heavy (non-hydrogen) atoms. The van der Waals surface area contributed by atoms with Gasteiger partial charge in [-0.2, -0.15) is 0 Å². The summed E-state index contributed by atoms with van der Waals surface area (Å²) in [6.07, 6.45) is 18.3. The van der Waals surface area contributed by atoms with Gasteiger partial charge in [0.05, 0.1) is 0 Å². The molecular formula is C34H66N8O5. The van der Waals surface area contributed by atoms with Gasteiger partial charge in [-0.25, -0.2) is 0 Å².